The summed E-state index contributed by atoms with van der Waals surface area (Å²) in [6.45, 7) is 0. The Morgan fingerprint density at radius 1 is 1.12 bits per heavy atom. The number of anilines is 1. The molecule has 0 atom stereocenters. The van der Waals surface area contributed by atoms with Crippen molar-refractivity contribution in [2.45, 2.75) is 0 Å². The van der Waals surface area contributed by atoms with Crippen molar-refractivity contribution in [2.24, 2.45) is 0 Å². The van der Waals surface area contributed by atoms with E-state index < -0.39 is 5.91 Å². The predicted molar refractivity (Wildman–Crippen MR) is 91.1 cm³/mol. The number of nitrogens with one attached hydrogen (secondary N) is 2. The lowest BCUT2D eigenvalue weighted by Crippen LogP contribution is -2.13. The van der Waals surface area contributed by atoms with Crippen LogP contribution in [0.3, 0.4) is 0 Å². The second-order valence-electron chi connectivity index (χ2n) is 5.32. The molecule has 0 bridgehead atoms. The number of nitrogens with zero attached hydrogens (tertiary/aromatic N) is 5. The number of carbonyl (C=O) groups excluding carboxylic acids is 1. The fourth-order valence-electron chi connectivity index (χ4n) is 2.34. The second kappa shape index (κ2) is 6.55. The molecule has 0 aliphatic carbocycles. The van der Waals surface area contributed by atoms with E-state index in [-0.39, 0.29) is 11.5 Å². The first-order valence-electron chi connectivity index (χ1n) is 7.65. The van der Waals surface area contributed by atoms with Crippen LogP contribution < -0.4 is 5.32 Å². The normalized spacial score (nSPS) is 10.7. The van der Waals surface area contributed by atoms with Crippen LogP contribution in [0.1, 0.15) is 10.5 Å². The number of hydrogen-bond acceptors (Lipinski definition) is 5. The highest BCUT2D eigenvalue weighted by molar-refractivity contribution is 6.04. The zero-order valence-electron chi connectivity index (χ0n) is 13.3. The van der Waals surface area contributed by atoms with Crippen molar-refractivity contribution in [3.8, 4) is 17.1 Å². The van der Waals surface area contributed by atoms with Gasteiger partial charge in [-0.25, -0.2) is 4.39 Å². The predicted octanol–water partition coefficient (Wildman–Crippen LogP) is 2.44. The van der Waals surface area contributed by atoms with Crippen LogP contribution in [0.4, 0.5) is 10.1 Å². The van der Waals surface area contributed by atoms with Gasteiger partial charge < -0.3 is 5.32 Å². The SMILES string of the molecule is O=C(Nc1cn[nH]c1-c1ccccn1)c1cnn(-c2ccc(F)cc2)n1. The zero-order valence-corrected chi connectivity index (χ0v) is 13.3. The first kappa shape index (κ1) is 15.6. The molecule has 3 heterocycles. The summed E-state index contributed by atoms with van der Waals surface area (Å²) in [5, 5.41) is 17.6. The fraction of sp³-hybridized carbons (Fsp3) is 0. The van der Waals surface area contributed by atoms with Crippen molar-refractivity contribution in [1.82, 2.24) is 30.2 Å². The van der Waals surface area contributed by atoms with Gasteiger partial charge in [-0.05, 0) is 36.4 Å². The summed E-state index contributed by atoms with van der Waals surface area (Å²) >= 11 is 0. The van der Waals surface area contributed by atoms with E-state index in [0.717, 1.165) is 0 Å². The summed E-state index contributed by atoms with van der Waals surface area (Å²) < 4.78 is 13.0. The summed E-state index contributed by atoms with van der Waals surface area (Å²) in [6, 6.07) is 11.1. The number of H-pyrrole nitrogens is 1. The maximum absolute atomic E-state index is 13.0. The first-order chi connectivity index (χ1) is 12.7. The molecule has 128 valence electrons. The van der Waals surface area contributed by atoms with E-state index in [1.54, 1.807) is 18.3 Å². The number of aromatic amines is 1. The highest BCUT2D eigenvalue weighted by atomic mass is 19.1. The van der Waals surface area contributed by atoms with Crippen LogP contribution in [0.5, 0.6) is 0 Å². The molecule has 0 aliphatic heterocycles. The molecule has 8 nitrogen and oxygen atoms in total. The number of hydrogen-bond donors (Lipinski definition) is 2. The van der Waals surface area contributed by atoms with Crippen LogP contribution in [-0.4, -0.2) is 36.1 Å². The van der Waals surface area contributed by atoms with E-state index in [4.69, 9.17) is 0 Å². The summed E-state index contributed by atoms with van der Waals surface area (Å²) in [5.41, 5.74) is 2.37. The molecule has 4 rings (SSSR count). The van der Waals surface area contributed by atoms with Crippen LogP contribution >= 0.6 is 0 Å². The minimum atomic E-state index is -0.447. The quantitative estimate of drug-likeness (QED) is 0.589. The smallest absolute Gasteiger partial charge is 0.277 e. The van der Waals surface area contributed by atoms with Gasteiger partial charge in [0.2, 0.25) is 0 Å². The standard InChI is InChI=1S/C17H12FN7O/c18-11-4-6-12(7-5-11)25-21-10-15(24-25)17(26)22-14-9-20-23-16(14)13-3-1-2-8-19-13/h1-10H,(H,20,23)(H,22,26). The summed E-state index contributed by atoms with van der Waals surface area (Å²) in [6.07, 6.45) is 4.47. The van der Waals surface area contributed by atoms with Crippen LogP contribution in [0.25, 0.3) is 17.1 Å². The Morgan fingerprint density at radius 3 is 2.73 bits per heavy atom. The van der Waals surface area contributed by atoms with Crippen LogP contribution in [-0.2, 0) is 0 Å². The van der Waals surface area contributed by atoms with Gasteiger partial charge >= 0.3 is 0 Å². The van der Waals surface area contributed by atoms with Crippen molar-refractivity contribution in [3.63, 3.8) is 0 Å². The molecule has 26 heavy (non-hydrogen) atoms. The molecular weight excluding hydrogens is 337 g/mol. The number of amides is 1. The molecule has 1 amide bonds. The van der Waals surface area contributed by atoms with Gasteiger partial charge in [0.15, 0.2) is 5.69 Å². The molecule has 1 aromatic carbocycles. The number of pyridine rings is 1. The third-order valence-electron chi connectivity index (χ3n) is 3.59. The Labute approximate surface area is 146 Å². The molecule has 0 spiro atoms. The van der Waals surface area contributed by atoms with E-state index in [1.807, 2.05) is 6.07 Å². The Morgan fingerprint density at radius 2 is 1.96 bits per heavy atom. The minimum absolute atomic E-state index is 0.113. The lowest BCUT2D eigenvalue weighted by atomic mass is 10.2. The molecule has 0 saturated heterocycles. The number of carbonyl (C=O) groups is 1. The number of benzene rings is 1. The van der Waals surface area contributed by atoms with Crippen molar-refractivity contribution in [2.75, 3.05) is 5.32 Å². The Kier molecular flexibility index (Phi) is 3.94. The zero-order chi connectivity index (χ0) is 17.9. The van der Waals surface area contributed by atoms with Gasteiger partial charge in [0.25, 0.3) is 5.91 Å². The lowest BCUT2D eigenvalue weighted by molar-refractivity contribution is 0.102. The second-order valence-corrected chi connectivity index (χ2v) is 5.32. The minimum Gasteiger partial charge on any atom is -0.317 e. The molecule has 9 heteroatoms. The van der Waals surface area contributed by atoms with E-state index >= 15 is 0 Å². The topological polar surface area (TPSA) is 101 Å². The lowest BCUT2D eigenvalue weighted by Gasteiger charge is -2.03. The van der Waals surface area contributed by atoms with Gasteiger partial charge in [-0.15, -0.1) is 5.10 Å². The van der Waals surface area contributed by atoms with Gasteiger partial charge in [0.05, 0.1) is 29.5 Å². The van der Waals surface area contributed by atoms with E-state index in [2.05, 4.69) is 30.7 Å². The fourth-order valence-corrected chi connectivity index (χ4v) is 2.34. The number of rotatable bonds is 4. The summed E-state index contributed by atoms with van der Waals surface area (Å²) in [5.74, 6) is -0.808. The van der Waals surface area contributed by atoms with Crippen LogP contribution in [0, 0.1) is 5.82 Å². The van der Waals surface area contributed by atoms with Gasteiger partial charge in [0.1, 0.15) is 11.5 Å². The monoisotopic (exact) mass is 349 g/mol. The maximum Gasteiger partial charge on any atom is 0.277 e. The summed E-state index contributed by atoms with van der Waals surface area (Å²) in [7, 11) is 0. The Balaban J connectivity index is 1.55. The van der Waals surface area contributed by atoms with Crippen LogP contribution in [0.2, 0.25) is 0 Å². The number of halogens is 1. The molecule has 0 saturated carbocycles. The molecule has 4 aromatic rings. The van der Waals surface area contributed by atoms with Gasteiger partial charge in [-0.3, -0.25) is 14.9 Å². The molecule has 0 radical (unpaired) electrons. The first-order valence-corrected chi connectivity index (χ1v) is 7.65. The van der Waals surface area contributed by atoms with Crippen molar-refractivity contribution in [1.29, 1.82) is 0 Å². The average Bonchev–Trinajstić information content (AvgIpc) is 3.33. The molecule has 3 aromatic heterocycles. The third kappa shape index (κ3) is 3.05. The van der Waals surface area contributed by atoms with Gasteiger partial charge in [-0.2, -0.15) is 15.0 Å². The largest absolute Gasteiger partial charge is 0.317 e. The van der Waals surface area contributed by atoms with Crippen molar-refractivity contribution >= 4 is 11.6 Å². The van der Waals surface area contributed by atoms with E-state index in [1.165, 1.54) is 41.5 Å². The molecule has 2 N–H and O–H groups in total. The molecule has 0 fully saturated rings. The van der Waals surface area contributed by atoms with Crippen molar-refractivity contribution < 1.29 is 9.18 Å². The van der Waals surface area contributed by atoms with E-state index in [0.29, 0.717) is 22.8 Å². The average molecular weight is 349 g/mol. The summed E-state index contributed by atoms with van der Waals surface area (Å²) in [4.78, 5) is 17.9. The van der Waals surface area contributed by atoms with Gasteiger partial charge in [-0.1, -0.05) is 6.07 Å². The Bertz CT molecular complexity index is 1040. The van der Waals surface area contributed by atoms with Gasteiger partial charge in [0, 0.05) is 6.20 Å². The number of aromatic nitrogens is 6. The van der Waals surface area contributed by atoms with Crippen LogP contribution in [0.15, 0.2) is 61.1 Å². The third-order valence-corrected chi connectivity index (χ3v) is 3.59. The maximum atomic E-state index is 13.0. The van der Waals surface area contributed by atoms with Crippen molar-refractivity contribution in [3.05, 3.63) is 72.6 Å². The highest BCUT2D eigenvalue weighted by Gasteiger charge is 2.16. The molecule has 0 aliphatic rings. The molecule has 0 unspecified atom stereocenters. The molecular formula is C17H12FN7O. The highest BCUT2D eigenvalue weighted by Crippen LogP contribution is 2.23. The van der Waals surface area contributed by atoms with E-state index in [9.17, 15) is 9.18 Å². The Hall–Kier alpha value is -3.88.